The molecule has 0 saturated heterocycles. The molecule has 1 aliphatic rings. The zero-order valence-corrected chi connectivity index (χ0v) is 5.47. The van der Waals surface area contributed by atoms with Crippen LogP contribution >= 0.6 is 0 Å². The van der Waals surface area contributed by atoms with Gasteiger partial charge in [-0.25, -0.2) is 0 Å². The van der Waals surface area contributed by atoms with Crippen molar-refractivity contribution in [3.63, 3.8) is 0 Å². The third kappa shape index (κ3) is 1.96. The van der Waals surface area contributed by atoms with Gasteiger partial charge < -0.3 is 0 Å². The Labute approximate surface area is 55.0 Å². The van der Waals surface area contributed by atoms with Crippen molar-refractivity contribution in [1.29, 1.82) is 0 Å². The minimum atomic E-state index is 0.757. The van der Waals surface area contributed by atoms with Crippen molar-refractivity contribution in [1.82, 2.24) is 0 Å². The predicted octanol–water partition coefficient (Wildman–Crippen LogP) is 1.20. The maximum Gasteiger partial charge on any atom is 0.163 e. The van der Waals surface area contributed by atoms with Crippen molar-refractivity contribution in [2.75, 3.05) is 6.54 Å². The molecule has 2 heteroatoms. The highest BCUT2D eigenvalue weighted by Crippen LogP contribution is 2.05. The first kappa shape index (κ1) is 6.46. The SMILES string of the molecule is O=CC1=NCCCCC1. The first-order valence-electron chi connectivity index (χ1n) is 3.42. The van der Waals surface area contributed by atoms with Crippen LogP contribution < -0.4 is 0 Å². The highest BCUT2D eigenvalue weighted by Gasteiger charge is 2.00. The second kappa shape index (κ2) is 3.38. The Hall–Kier alpha value is -0.660. The molecule has 0 saturated carbocycles. The summed E-state index contributed by atoms with van der Waals surface area (Å²) in [6.45, 7) is 0.855. The molecule has 50 valence electrons. The summed E-state index contributed by atoms with van der Waals surface area (Å²) < 4.78 is 0. The first-order valence-corrected chi connectivity index (χ1v) is 3.42. The number of hydrogen-bond donors (Lipinski definition) is 0. The van der Waals surface area contributed by atoms with Crippen LogP contribution in [0.4, 0.5) is 0 Å². The standard InChI is InChI=1S/C7H11NO/c9-6-7-4-2-1-3-5-8-7/h6H,1-5H2. The van der Waals surface area contributed by atoms with E-state index in [1.165, 1.54) is 6.42 Å². The third-order valence-electron chi connectivity index (χ3n) is 1.54. The van der Waals surface area contributed by atoms with Crippen LogP contribution in [0.3, 0.4) is 0 Å². The molecule has 0 aromatic carbocycles. The molecule has 1 rings (SSSR count). The second-order valence-electron chi connectivity index (χ2n) is 2.30. The summed E-state index contributed by atoms with van der Waals surface area (Å²) in [7, 11) is 0. The topological polar surface area (TPSA) is 29.4 Å². The van der Waals surface area contributed by atoms with Gasteiger partial charge in [-0.3, -0.25) is 9.79 Å². The fourth-order valence-corrected chi connectivity index (χ4v) is 0.993. The quantitative estimate of drug-likeness (QED) is 0.484. The zero-order chi connectivity index (χ0) is 6.53. The minimum Gasteiger partial charge on any atom is -0.297 e. The number of hydrogen-bond acceptors (Lipinski definition) is 2. The van der Waals surface area contributed by atoms with E-state index in [9.17, 15) is 4.79 Å². The van der Waals surface area contributed by atoms with Crippen LogP contribution in [-0.4, -0.2) is 18.5 Å². The van der Waals surface area contributed by atoms with Gasteiger partial charge in [-0.15, -0.1) is 0 Å². The van der Waals surface area contributed by atoms with Gasteiger partial charge in [0.2, 0.25) is 0 Å². The molecule has 1 aliphatic heterocycles. The van der Waals surface area contributed by atoms with E-state index in [2.05, 4.69) is 4.99 Å². The van der Waals surface area contributed by atoms with Crippen molar-refractivity contribution >= 4 is 12.0 Å². The van der Waals surface area contributed by atoms with E-state index in [1.807, 2.05) is 0 Å². The fraction of sp³-hybridized carbons (Fsp3) is 0.714. The van der Waals surface area contributed by atoms with E-state index < -0.39 is 0 Å². The average molecular weight is 125 g/mol. The number of carbonyl (C=O) groups is 1. The first-order chi connectivity index (χ1) is 4.43. The van der Waals surface area contributed by atoms with Crippen molar-refractivity contribution in [3.8, 4) is 0 Å². The summed E-state index contributed by atoms with van der Waals surface area (Å²) in [6.07, 6.45) is 5.28. The molecule has 0 N–H and O–H groups in total. The molecule has 0 aliphatic carbocycles. The lowest BCUT2D eigenvalue weighted by Gasteiger charge is -1.88. The number of rotatable bonds is 1. The maximum absolute atomic E-state index is 10.2. The molecule has 0 amide bonds. The molecule has 0 bridgehead atoms. The summed E-state index contributed by atoms with van der Waals surface area (Å²) in [5.41, 5.74) is 0.757. The van der Waals surface area contributed by atoms with Gasteiger partial charge in [-0.05, 0) is 19.3 Å². The van der Waals surface area contributed by atoms with E-state index in [1.54, 1.807) is 0 Å². The third-order valence-corrected chi connectivity index (χ3v) is 1.54. The average Bonchev–Trinajstić information content (AvgIpc) is 2.13. The lowest BCUT2D eigenvalue weighted by atomic mass is 10.2. The molecule has 0 atom stereocenters. The van der Waals surface area contributed by atoms with Gasteiger partial charge >= 0.3 is 0 Å². The van der Waals surface area contributed by atoms with Gasteiger partial charge in [0, 0.05) is 6.54 Å². The molecule has 9 heavy (non-hydrogen) atoms. The normalized spacial score (nSPS) is 20.2. The van der Waals surface area contributed by atoms with E-state index in [-0.39, 0.29) is 0 Å². The van der Waals surface area contributed by atoms with Gasteiger partial charge in [-0.2, -0.15) is 0 Å². The monoisotopic (exact) mass is 125 g/mol. The molecule has 0 aromatic rings. The summed E-state index contributed by atoms with van der Waals surface area (Å²) in [4.78, 5) is 14.3. The predicted molar refractivity (Wildman–Crippen MR) is 36.8 cm³/mol. The van der Waals surface area contributed by atoms with E-state index >= 15 is 0 Å². The van der Waals surface area contributed by atoms with Crippen LogP contribution in [0.15, 0.2) is 4.99 Å². The highest BCUT2D eigenvalue weighted by atomic mass is 16.1. The van der Waals surface area contributed by atoms with Crippen LogP contribution in [0, 0.1) is 0 Å². The summed E-state index contributed by atoms with van der Waals surface area (Å²) in [5.74, 6) is 0. The molecule has 2 nitrogen and oxygen atoms in total. The second-order valence-corrected chi connectivity index (χ2v) is 2.30. The van der Waals surface area contributed by atoms with E-state index in [0.717, 1.165) is 37.8 Å². The number of aldehydes is 1. The van der Waals surface area contributed by atoms with Gasteiger partial charge in [0.1, 0.15) is 0 Å². The Morgan fingerprint density at radius 1 is 1.33 bits per heavy atom. The Balaban J connectivity index is 2.46. The van der Waals surface area contributed by atoms with Crippen LogP contribution in [0.5, 0.6) is 0 Å². The fourth-order valence-electron chi connectivity index (χ4n) is 0.993. The number of aliphatic imine (C=N–C) groups is 1. The molecule has 1 heterocycles. The van der Waals surface area contributed by atoms with E-state index in [4.69, 9.17) is 0 Å². The minimum absolute atomic E-state index is 0.757. The Kier molecular flexibility index (Phi) is 2.43. The molecule has 0 unspecified atom stereocenters. The highest BCUT2D eigenvalue weighted by molar-refractivity contribution is 6.28. The molecule has 0 spiro atoms. The summed E-state index contributed by atoms with van der Waals surface area (Å²) >= 11 is 0. The van der Waals surface area contributed by atoms with Crippen molar-refractivity contribution in [2.24, 2.45) is 4.99 Å². The van der Waals surface area contributed by atoms with Gasteiger partial charge in [-0.1, -0.05) is 6.42 Å². The lowest BCUT2D eigenvalue weighted by Crippen LogP contribution is -1.97. The molecule has 0 fully saturated rings. The van der Waals surface area contributed by atoms with Crippen molar-refractivity contribution in [3.05, 3.63) is 0 Å². The van der Waals surface area contributed by atoms with Gasteiger partial charge in [0.05, 0.1) is 5.71 Å². The number of carbonyl (C=O) groups excluding carboxylic acids is 1. The molecule has 0 aromatic heterocycles. The van der Waals surface area contributed by atoms with Gasteiger partial charge in [0.25, 0.3) is 0 Å². The molecular formula is C7H11NO. The van der Waals surface area contributed by atoms with Crippen LogP contribution in [0.25, 0.3) is 0 Å². The Morgan fingerprint density at radius 3 is 3.00 bits per heavy atom. The zero-order valence-electron chi connectivity index (χ0n) is 5.47. The smallest absolute Gasteiger partial charge is 0.163 e. The van der Waals surface area contributed by atoms with Crippen molar-refractivity contribution < 1.29 is 4.79 Å². The Morgan fingerprint density at radius 2 is 2.22 bits per heavy atom. The van der Waals surface area contributed by atoms with Crippen LogP contribution in [-0.2, 0) is 4.79 Å². The summed E-state index contributed by atoms with van der Waals surface area (Å²) in [6, 6.07) is 0. The van der Waals surface area contributed by atoms with Crippen LogP contribution in [0.2, 0.25) is 0 Å². The van der Waals surface area contributed by atoms with Crippen molar-refractivity contribution in [2.45, 2.75) is 25.7 Å². The Bertz CT molecular complexity index is 129. The van der Waals surface area contributed by atoms with E-state index in [0.29, 0.717) is 0 Å². The summed E-state index contributed by atoms with van der Waals surface area (Å²) in [5, 5.41) is 0. The molecule has 0 radical (unpaired) electrons. The number of nitrogens with zero attached hydrogens (tertiary/aromatic N) is 1. The lowest BCUT2D eigenvalue weighted by molar-refractivity contribution is -0.102. The maximum atomic E-state index is 10.2. The largest absolute Gasteiger partial charge is 0.297 e. The molecular weight excluding hydrogens is 114 g/mol. The van der Waals surface area contributed by atoms with Gasteiger partial charge in [0.15, 0.2) is 6.29 Å². The van der Waals surface area contributed by atoms with Crippen LogP contribution in [0.1, 0.15) is 25.7 Å².